The van der Waals surface area contributed by atoms with E-state index in [4.69, 9.17) is 16.3 Å². The van der Waals surface area contributed by atoms with E-state index in [-0.39, 0.29) is 0 Å². The molecule has 2 N–H and O–H groups in total. The van der Waals surface area contributed by atoms with Crippen LogP contribution in [0.1, 0.15) is 25.3 Å². The highest BCUT2D eigenvalue weighted by Gasteiger charge is 2.32. The van der Waals surface area contributed by atoms with E-state index < -0.39 is 11.5 Å². The molecule has 2 rings (SSSR count). The number of carbonyl (C=O) groups is 1. The molecule has 0 radical (unpaired) electrons. The summed E-state index contributed by atoms with van der Waals surface area (Å²) in [5.41, 5.74) is -1.03. The number of rotatable bonds is 4. The molecule has 1 aromatic carbocycles. The lowest BCUT2D eigenvalue weighted by molar-refractivity contribution is -0.139. The Morgan fingerprint density at radius 3 is 2.80 bits per heavy atom. The van der Waals surface area contributed by atoms with Gasteiger partial charge in [0.05, 0.1) is 6.61 Å². The Hall–Kier alpha value is -1.10. The first-order valence-electron chi connectivity index (χ1n) is 6.84. The molecule has 1 aliphatic rings. The lowest BCUT2D eigenvalue weighted by Crippen LogP contribution is -2.44. The fraction of sp³-hybridized carbons (Fsp3) is 0.533. The molecule has 110 valence electrons. The first-order valence-corrected chi connectivity index (χ1v) is 7.22. The van der Waals surface area contributed by atoms with E-state index in [9.17, 15) is 9.90 Å². The second-order valence-corrected chi connectivity index (χ2v) is 5.81. The van der Waals surface area contributed by atoms with Crippen molar-refractivity contribution < 1.29 is 14.6 Å². The van der Waals surface area contributed by atoms with Crippen LogP contribution in [0.2, 0.25) is 5.02 Å². The maximum atomic E-state index is 12.2. The van der Waals surface area contributed by atoms with Crippen LogP contribution in [0.4, 0.5) is 0 Å². The minimum absolute atomic E-state index is 0.328. The van der Waals surface area contributed by atoms with Crippen LogP contribution in [0.15, 0.2) is 24.3 Å². The smallest absolute Gasteiger partial charge is 0.256 e. The van der Waals surface area contributed by atoms with Gasteiger partial charge in [-0.3, -0.25) is 4.79 Å². The van der Waals surface area contributed by atoms with Gasteiger partial charge in [0.1, 0.15) is 0 Å². The fourth-order valence-corrected chi connectivity index (χ4v) is 2.41. The van der Waals surface area contributed by atoms with Gasteiger partial charge in [-0.2, -0.15) is 0 Å². The van der Waals surface area contributed by atoms with Crippen LogP contribution in [-0.2, 0) is 15.1 Å². The van der Waals surface area contributed by atoms with Crippen molar-refractivity contribution in [3.63, 3.8) is 0 Å². The Kier molecular flexibility index (Phi) is 5.02. The van der Waals surface area contributed by atoms with E-state index in [1.54, 1.807) is 24.3 Å². The fourth-order valence-electron chi connectivity index (χ4n) is 2.28. The molecule has 1 amide bonds. The molecule has 0 aromatic heterocycles. The lowest BCUT2D eigenvalue weighted by Gasteiger charge is -2.26. The van der Waals surface area contributed by atoms with Crippen molar-refractivity contribution in [3.8, 4) is 0 Å². The molecule has 20 heavy (non-hydrogen) atoms. The van der Waals surface area contributed by atoms with Gasteiger partial charge in [0.25, 0.3) is 5.91 Å². The zero-order valence-corrected chi connectivity index (χ0v) is 12.3. The molecule has 1 aromatic rings. The van der Waals surface area contributed by atoms with Gasteiger partial charge >= 0.3 is 0 Å². The number of hydrogen-bond acceptors (Lipinski definition) is 3. The highest BCUT2D eigenvalue weighted by atomic mass is 35.5. The van der Waals surface area contributed by atoms with Crippen molar-refractivity contribution in [3.05, 3.63) is 34.9 Å². The molecule has 4 nitrogen and oxygen atoms in total. The summed E-state index contributed by atoms with van der Waals surface area (Å²) in [7, 11) is 0. The van der Waals surface area contributed by atoms with Crippen LogP contribution in [0.5, 0.6) is 0 Å². The van der Waals surface area contributed by atoms with Gasteiger partial charge in [-0.25, -0.2) is 0 Å². The van der Waals surface area contributed by atoms with Gasteiger partial charge in [-0.05, 0) is 43.4 Å². The van der Waals surface area contributed by atoms with Crippen molar-refractivity contribution in [2.24, 2.45) is 5.92 Å². The molecule has 0 bridgehead atoms. The van der Waals surface area contributed by atoms with E-state index in [0.717, 1.165) is 19.4 Å². The van der Waals surface area contributed by atoms with E-state index in [1.165, 1.54) is 6.92 Å². The predicted molar refractivity (Wildman–Crippen MR) is 77.6 cm³/mol. The number of hydrogen-bond donors (Lipinski definition) is 2. The third-order valence-electron chi connectivity index (χ3n) is 3.65. The SMILES string of the molecule is C[C@](O)(C(=O)NC[C@@H]1CCCOC1)c1ccc(Cl)cc1. The van der Waals surface area contributed by atoms with Crippen molar-refractivity contribution in [1.29, 1.82) is 0 Å². The van der Waals surface area contributed by atoms with Crippen molar-refractivity contribution in [2.45, 2.75) is 25.4 Å². The Morgan fingerprint density at radius 2 is 2.20 bits per heavy atom. The normalized spacial score (nSPS) is 22.1. The van der Waals surface area contributed by atoms with Gasteiger partial charge in [0.2, 0.25) is 0 Å². The first-order chi connectivity index (χ1) is 9.50. The summed E-state index contributed by atoms with van der Waals surface area (Å²) in [5, 5.41) is 13.8. The van der Waals surface area contributed by atoms with Gasteiger partial charge < -0.3 is 15.2 Å². The number of aliphatic hydroxyl groups is 1. The number of carbonyl (C=O) groups excluding carboxylic acids is 1. The number of amides is 1. The van der Waals surface area contributed by atoms with E-state index in [0.29, 0.717) is 29.7 Å². The van der Waals surface area contributed by atoms with Crippen LogP contribution >= 0.6 is 11.6 Å². The quantitative estimate of drug-likeness (QED) is 0.895. The molecule has 5 heteroatoms. The van der Waals surface area contributed by atoms with Crippen LogP contribution in [0.3, 0.4) is 0 Å². The average Bonchev–Trinajstić information content (AvgIpc) is 2.46. The average molecular weight is 298 g/mol. The summed E-state index contributed by atoms with van der Waals surface area (Å²) in [6.07, 6.45) is 2.07. The summed E-state index contributed by atoms with van der Waals surface area (Å²) >= 11 is 5.81. The number of halogens is 1. The molecule has 1 heterocycles. The minimum atomic E-state index is -1.56. The third-order valence-corrected chi connectivity index (χ3v) is 3.91. The molecule has 0 unspecified atom stereocenters. The molecule has 0 spiro atoms. The molecular weight excluding hydrogens is 278 g/mol. The van der Waals surface area contributed by atoms with Gasteiger partial charge in [0, 0.05) is 18.2 Å². The molecule has 1 fully saturated rings. The van der Waals surface area contributed by atoms with Crippen molar-refractivity contribution in [2.75, 3.05) is 19.8 Å². The highest BCUT2D eigenvalue weighted by molar-refractivity contribution is 6.30. The zero-order chi connectivity index (χ0) is 14.6. The second kappa shape index (κ2) is 6.57. The second-order valence-electron chi connectivity index (χ2n) is 5.37. The Labute approximate surface area is 124 Å². The molecule has 1 saturated heterocycles. The van der Waals surface area contributed by atoms with E-state index in [2.05, 4.69) is 5.32 Å². The van der Waals surface area contributed by atoms with Crippen LogP contribution in [0.25, 0.3) is 0 Å². The molecule has 0 saturated carbocycles. The standard InChI is InChI=1S/C15H20ClNO3/c1-15(19,12-4-6-13(16)7-5-12)14(18)17-9-11-3-2-8-20-10-11/h4-7,11,19H,2-3,8-10H2,1H3,(H,17,18)/t11-,15+/m0/s1. The maximum Gasteiger partial charge on any atom is 0.256 e. The predicted octanol–water partition coefficient (Wildman–Crippen LogP) is 2.09. The highest BCUT2D eigenvalue weighted by Crippen LogP contribution is 2.23. The first kappa shape index (κ1) is 15.3. The third kappa shape index (κ3) is 3.72. The minimum Gasteiger partial charge on any atom is -0.381 e. The number of benzene rings is 1. The van der Waals surface area contributed by atoms with Crippen molar-refractivity contribution in [1.82, 2.24) is 5.32 Å². The van der Waals surface area contributed by atoms with Gasteiger partial charge in [-0.1, -0.05) is 23.7 Å². The Morgan fingerprint density at radius 1 is 1.50 bits per heavy atom. The maximum absolute atomic E-state index is 12.2. The van der Waals surface area contributed by atoms with Crippen LogP contribution < -0.4 is 5.32 Å². The molecule has 1 aliphatic heterocycles. The van der Waals surface area contributed by atoms with Crippen LogP contribution in [-0.4, -0.2) is 30.8 Å². The largest absolute Gasteiger partial charge is 0.381 e. The van der Waals surface area contributed by atoms with Crippen LogP contribution in [0, 0.1) is 5.92 Å². The molecule has 2 atom stereocenters. The van der Waals surface area contributed by atoms with Crippen molar-refractivity contribution >= 4 is 17.5 Å². The Bertz CT molecular complexity index is 453. The van der Waals surface area contributed by atoms with Gasteiger partial charge in [-0.15, -0.1) is 0 Å². The summed E-state index contributed by atoms with van der Waals surface area (Å²) in [5.74, 6) is -0.0703. The summed E-state index contributed by atoms with van der Waals surface area (Å²) in [4.78, 5) is 12.2. The van der Waals surface area contributed by atoms with Gasteiger partial charge in [0.15, 0.2) is 5.60 Å². The molecular formula is C15H20ClNO3. The van der Waals surface area contributed by atoms with E-state index in [1.807, 2.05) is 0 Å². The molecule has 0 aliphatic carbocycles. The monoisotopic (exact) mass is 297 g/mol. The number of nitrogens with one attached hydrogen (secondary N) is 1. The Balaban J connectivity index is 1.94. The van der Waals surface area contributed by atoms with E-state index >= 15 is 0 Å². The summed E-state index contributed by atoms with van der Waals surface area (Å²) in [6, 6.07) is 6.64. The zero-order valence-electron chi connectivity index (χ0n) is 11.6. The summed E-state index contributed by atoms with van der Waals surface area (Å²) < 4.78 is 5.37. The summed E-state index contributed by atoms with van der Waals surface area (Å²) in [6.45, 7) is 3.49. The topological polar surface area (TPSA) is 58.6 Å². The number of ether oxygens (including phenoxy) is 1. The lowest BCUT2D eigenvalue weighted by atomic mass is 9.94.